The number of fused-ring (bicyclic) bond motifs is 1. The monoisotopic (exact) mass is 523 g/mol. The number of ether oxygens (including phenoxy) is 3. The lowest BCUT2D eigenvalue weighted by molar-refractivity contribution is -0.139. The van der Waals surface area contributed by atoms with Gasteiger partial charge in [-0.2, -0.15) is 5.10 Å². The van der Waals surface area contributed by atoms with E-state index >= 15 is 0 Å². The topological polar surface area (TPSA) is 138 Å². The zero-order valence-corrected chi connectivity index (χ0v) is 21.1. The number of halogens is 1. The van der Waals surface area contributed by atoms with Crippen molar-refractivity contribution in [1.82, 2.24) is 19.7 Å². The molecule has 12 heteroatoms. The van der Waals surface area contributed by atoms with E-state index in [1.54, 1.807) is 63.0 Å². The largest absolute Gasteiger partial charge is 0.480 e. The van der Waals surface area contributed by atoms with Crippen molar-refractivity contribution in [3.8, 4) is 17.3 Å². The first-order valence-electron chi connectivity index (χ1n) is 11.6. The van der Waals surface area contributed by atoms with E-state index in [0.717, 1.165) is 0 Å². The molecule has 4 rings (SSSR count). The SMILES string of the molecule is CC(Oc1cc2cc(F)ccc2nc1NC(=O)OC(C)(C)C)c1nc(OCC(=O)O)ccc1-n1cccn1. The molecule has 0 spiro atoms. The van der Waals surface area contributed by atoms with Crippen molar-refractivity contribution in [3.63, 3.8) is 0 Å². The minimum Gasteiger partial charge on any atom is -0.480 e. The summed E-state index contributed by atoms with van der Waals surface area (Å²) in [6, 6.07) is 10.5. The Bertz CT molecular complexity index is 1470. The van der Waals surface area contributed by atoms with Crippen molar-refractivity contribution in [2.45, 2.75) is 39.4 Å². The Balaban J connectivity index is 1.73. The molecular formula is C26H26FN5O6. The number of hydrogen-bond donors (Lipinski definition) is 2. The van der Waals surface area contributed by atoms with Gasteiger partial charge in [0.2, 0.25) is 5.88 Å². The van der Waals surface area contributed by atoms with Crippen molar-refractivity contribution < 1.29 is 33.3 Å². The van der Waals surface area contributed by atoms with Gasteiger partial charge in [0.15, 0.2) is 18.2 Å². The second-order valence-corrected chi connectivity index (χ2v) is 9.25. The highest BCUT2D eigenvalue weighted by Crippen LogP contribution is 2.33. The Morgan fingerprint density at radius 3 is 2.63 bits per heavy atom. The number of hydrogen-bond acceptors (Lipinski definition) is 8. The summed E-state index contributed by atoms with van der Waals surface area (Å²) >= 11 is 0. The molecule has 4 aromatic rings. The predicted octanol–water partition coefficient (Wildman–Crippen LogP) is 4.91. The highest BCUT2D eigenvalue weighted by Gasteiger charge is 2.23. The van der Waals surface area contributed by atoms with Gasteiger partial charge in [0.05, 0.1) is 11.2 Å². The average Bonchev–Trinajstić information content (AvgIpc) is 3.36. The summed E-state index contributed by atoms with van der Waals surface area (Å²) in [4.78, 5) is 32.4. The maximum absolute atomic E-state index is 13.9. The van der Waals surface area contributed by atoms with Gasteiger partial charge in [-0.3, -0.25) is 5.32 Å². The second kappa shape index (κ2) is 10.7. The average molecular weight is 524 g/mol. The molecule has 3 heterocycles. The van der Waals surface area contributed by atoms with Crippen LogP contribution in [0.15, 0.2) is 54.9 Å². The molecule has 11 nitrogen and oxygen atoms in total. The third-order valence-corrected chi connectivity index (χ3v) is 5.02. The third kappa shape index (κ3) is 6.52. The van der Waals surface area contributed by atoms with Crippen LogP contribution in [-0.2, 0) is 9.53 Å². The fourth-order valence-electron chi connectivity index (χ4n) is 3.52. The first kappa shape index (κ1) is 26.3. The van der Waals surface area contributed by atoms with Gasteiger partial charge in [-0.05, 0) is 64.1 Å². The molecule has 0 aliphatic carbocycles. The number of carboxylic acid groups (broad SMARTS) is 1. The van der Waals surface area contributed by atoms with Gasteiger partial charge in [0.25, 0.3) is 0 Å². The standard InChI is InChI=1S/C26H26FN5O6/c1-15(23-19(32-11-5-10-28-32)8-9-21(30-23)36-14-22(33)34)37-20-13-16-12-17(27)6-7-18(16)29-24(20)31-25(35)38-26(2,3)4/h5-13,15H,14H2,1-4H3,(H,33,34)(H,29,31,35). The number of amides is 1. The molecule has 3 aromatic heterocycles. The van der Waals surface area contributed by atoms with E-state index in [9.17, 15) is 14.0 Å². The summed E-state index contributed by atoms with van der Waals surface area (Å²) in [6.45, 7) is 6.30. The van der Waals surface area contributed by atoms with Crippen molar-refractivity contribution >= 4 is 28.8 Å². The van der Waals surface area contributed by atoms with Crippen LogP contribution in [0.4, 0.5) is 15.0 Å². The zero-order chi connectivity index (χ0) is 27.4. The van der Waals surface area contributed by atoms with Crippen LogP contribution in [-0.4, -0.2) is 49.1 Å². The zero-order valence-electron chi connectivity index (χ0n) is 21.1. The van der Waals surface area contributed by atoms with Crippen LogP contribution in [0.25, 0.3) is 16.6 Å². The highest BCUT2D eigenvalue weighted by molar-refractivity contribution is 5.90. The number of anilines is 1. The lowest BCUT2D eigenvalue weighted by atomic mass is 10.2. The van der Waals surface area contributed by atoms with Crippen LogP contribution in [0.1, 0.15) is 39.5 Å². The van der Waals surface area contributed by atoms with Gasteiger partial charge in [0.1, 0.15) is 23.2 Å². The maximum Gasteiger partial charge on any atom is 0.413 e. The maximum atomic E-state index is 13.9. The van der Waals surface area contributed by atoms with Crippen molar-refractivity contribution in [2.75, 3.05) is 11.9 Å². The lowest BCUT2D eigenvalue weighted by Crippen LogP contribution is -2.27. The molecule has 1 atom stereocenters. The number of pyridine rings is 2. The van der Waals surface area contributed by atoms with Crippen LogP contribution in [0, 0.1) is 5.82 Å². The first-order chi connectivity index (χ1) is 18.0. The molecule has 2 N–H and O–H groups in total. The minimum atomic E-state index is -1.15. The molecule has 1 aromatic carbocycles. The molecule has 0 saturated carbocycles. The number of nitrogens with zero attached hydrogens (tertiary/aromatic N) is 4. The van der Waals surface area contributed by atoms with Crippen LogP contribution in [0.3, 0.4) is 0 Å². The summed E-state index contributed by atoms with van der Waals surface area (Å²) in [5.41, 5.74) is 0.583. The number of nitrogens with one attached hydrogen (secondary N) is 1. The van der Waals surface area contributed by atoms with Gasteiger partial charge in [-0.25, -0.2) is 28.6 Å². The van der Waals surface area contributed by atoms with Gasteiger partial charge < -0.3 is 19.3 Å². The number of aromatic nitrogens is 4. The highest BCUT2D eigenvalue weighted by atomic mass is 19.1. The van der Waals surface area contributed by atoms with E-state index < -0.39 is 36.2 Å². The fourth-order valence-corrected chi connectivity index (χ4v) is 3.52. The summed E-state index contributed by atoms with van der Waals surface area (Å²) in [7, 11) is 0. The Morgan fingerprint density at radius 2 is 1.95 bits per heavy atom. The number of carboxylic acids is 1. The van der Waals surface area contributed by atoms with Crippen molar-refractivity contribution in [3.05, 3.63) is 66.4 Å². The van der Waals surface area contributed by atoms with Crippen molar-refractivity contribution in [2.24, 2.45) is 0 Å². The van der Waals surface area contributed by atoms with Crippen LogP contribution >= 0.6 is 0 Å². The molecule has 0 aliphatic heterocycles. The van der Waals surface area contributed by atoms with E-state index in [4.69, 9.17) is 19.3 Å². The van der Waals surface area contributed by atoms with E-state index in [0.29, 0.717) is 22.3 Å². The van der Waals surface area contributed by atoms with E-state index in [-0.39, 0.29) is 17.4 Å². The van der Waals surface area contributed by atoms with E-state index in [2.05, 4.69) is 20.4 Å². The van der Waals surface area contributed by atoms with Gasteiger partial charge in [-0.1, -0.05) is 0 Å². The normalized spacial score (nSPS) is 12.1. The number of carbonyl (C=O) groups is 2. The van der Waals surface area contributed by atoms with E-state index in [1.165, 1.54) is 24.3 Å². The molecule has 0 bridgehead atoms. The molecule has 1 amide bonds. The Hall–Kier alpha value is -4.74. The van der Waals surface area contributed by atoms with E-state index in [1.807, 2.05) is 0 Å². The Labute approximate surface area is 217 Å². The Morgan fingerprint density at radius 1 is 1.16 bits per heavy atom. The van der Waals surface area contributed by atoms with Crippen LogP contribution in [0.2, 0.25) is 0 Å². The van der Waals surface area contributed by atoms with Crippen molar-refractivity contribution in [1.29, 1.82) is 0 Å². The molecule has 1 unspecified atom stereocenters. The molecule has 0 fully saturated rings. The summed E-state index contributed by atoms with van der Waals surface area (Å²) in [5, 5.41) is 16.2. The summed E-state index contributed by atoms with van der Waals surface area (Å²) in [6.07, 6.45) is 1.77. The van der Waals surface area contributed by atoms with Crippen LogP contribution < -0.4 is 14.8 Å². The molecule has 0 radical (unpaired) electrons. The van der Waals surface area contributed by atoms with Gasteiger partial charge >= 0.3 is 12.1 Å². The molecular weight excluding hydrogens is 497 g/mol. The molecule has 198 valence electrons. The molecule has 38 heavy (non-hydrogen) atoms. The summed E-state index contributed by atoms with van der Waals surface area (Å²) in [5.74, 6) is -1.35. The number of benzene rings is 1. The lowest BCUT2D eigenvalue weighted by Gasteiger charge is -2.22. The summed E-state index contributed by atoms with van der Waals surface area (Å²) < 4.78 is 32.3. The number of aliphatic carboxylic acids is 1. The second-order valence-electron chi connectivity index (χ2n) is 9.25. The number of rotatable bonds is 8. The minimum absolute atomic E-state index is 0.0594. The smallest absolute Gasteiger partial charge is 0.413 e. The van der Waals surface area contributed by atoms with Gasteiger partial charge in [-0.15, -0.1) is 0 Å². The number of carbonyl (C=O) groups excluding carboxylic acids is 1. The predicted molar refractivity (Wildman–Crippen MR) is 135 cm³/mol. The quantitative estimate of drug-likeness (QED) is 0.330. The fraction of sp³-hybridized carbons (Fsp3) is 0.269. The Kier molecular flexibility index (Phi) is 7.42. The first-order valence-corrected chi connectivity index (χ1v) is 11.6. The van der Waals surface area contributed by atoms with Gasteiger partial charge in [0, 0.05) is 23.8 Å². The van der Waals surface area contributed by atoms with Crippen LogP contribution in [0.5, 0.6) is 11.6 Å². The third-order valence-electron chi connectivity index (χ3n) is 5.02. The molecule has 0 aliphatic rings. The molecule has 0 saturated heterocycles.